The zero-order valence-electron chi connectivity index (χ0n) is 7.66. The molecule has 0 aromatic rings. The van der Waals surface area contributed by atoms with E-state index in [-0.39, 0.29) is 12.0 Å². The minimum absolute atomic E-state index is 0.146. The number of carbonyl (C=O) groups is 1. The number of aliphatic carboxylic acids is 1. The minimum atomic E-state index is -0.717. The monoisotopic (exact) mass is 159 g/mol. The summed E-state index contributed by atoms with van der Waals surface area (Å²) in [6.07, 6.45) is 0.875. The van der Waals surface area contributed by atoms with Crippen LogP contribution in [0.5, 0.6) is 0 Å². The van der Waals surface area contributed by atoms with E-state index in [2.05, 4.69) is 0 Å². The number of rotatable bonds is 4. The van der Waals surface area contributed by atoms with Crippen molar-refractivity contribution in [3.05, 3.63) is 0 Å². The quantitative estimate of drug-likeness (QED) is 0.666. The molecule has 0 bridgehead atoms. The molecule has 0 aromatic carbocycles. The lowest BCUT2D eigenvalue weighted by molar-refractivity contribution is -0.143. The zero-order chi connectivity index (χ0) is 9.02. The second-order valence-corrected chi connectivity index (χ2v) is 3.07. The highest BCUT2D eigenvalue weighted by Gasteiger charge is 2.23. The van der Waals surface area contributed by atoms with Gasteiger partial charge in [-0.2, -0.15) is 0 Å². The second-order valence-electron chi connectivity index (χ2n) is 3.07. The Labute approximate surface area is 68.0 Å². The Kier molecular flexibility index (Phi) is 4.11. The average Bonchev–Trinajstić information content (AvgIpc) is 1.88. The molecule has 66 valence electrons. The minimum Gasteiger partial charge on any atom is -0.481 e. The molecule has 0 spiro atoms. The summed E-state index contributed by atoms with van der Waals surface area (Å²) in [4.78, 5) is 12.5. The molecule has 0 aliphatic rings. The van der Waals surface area contributed by atoms with Crippen LogP contribution in [0.25, 0.3) is 0 Å². The predicted octanol–water partition coefficient (Wildman–Crippen LogP) is 1.05. The molecule has 0 aromatic heterocycles. The summed E-state index contributed by atoms with van der Waals surface area (Å²) in [6, 6.07) is 0.146. The summed E-state index contributed by atoms with van der Waals surface area (Å²) < 4.78 is 0. The highest BCUT2D eigenvalue weighted by Crippen LogP contribution is 2.11. The van der Waals surface area contributed by atoms with Crippen molar-refractivity contribution >= 4 is 5.97 Å². The Morgan fingerprint density at radius 1 is 1.55 bits per heavy atom. The first kappa shape index (κ1) is 10.4. The van der Waals surface area contributed by atoms with E-state index < -0.39 is 5.97 Å². The van der Waals surface area contributed by atoms with Crippen LogP contribution < -0.4 is 0 Å². The fourth-order valence-electron chi connectivity index (χ4n) is 1.33. The van der Waals surface area contributed by atoms with E-state index in [4.69, 9.17) is 5.11 Å². The van der Waals surface area contributed by atoms with Gasteiger partial charge >= 0.3 is 5.97 Å². The Hall–Kier alpha value is -0.570. The lowest BCUT2D eigenvalue weighted by Gasteiger charge is -2.26. The van der Waals surface area contributed by atoms with Gasteiger partial charge in [-0.25, -0.2) is 0 Å². The number of carboxylic acid groups (broad SMARTS) is 1. The number of hydrogen-bond acceptors (Lipinski definition) is 2. The molecule has 0 aliphatic heterocycles. The van der Waals surface area contributed by atoms with Crippen molar-refractivity contribution in [3.8, 4) is 0 Å². The highest BCUT2D eigenvalue weighted by molar-refractivity contribution is 5.70. The zero-order valence-corrected chi connectivity index (χ0v) is 7.66. The lowest BCUT2D eigenvalue weighted by Crippen LogP contribution is -2.37. The lowest BCUT2D eigenvalue weighted by atomic mass is 9.99. The third-order valence-electron chi connectivity index (χ3n) is 2.05. The van der Waals surface area contributed by atoms with Gasteiger partial charge in [-0.1, -0.05) is 13.8 Å². The van der Waals surface area contributed by atoms with Crippen LogP contribution >= 0.6 is 0 Å². The third kappa shape index (κ3) is 2.89. The van der Waals surface area contributed by atoms with Gasteiger partial charge in [0.1, 0.15) is 0 Å². The smallest absolute Gasteiger partial charge is 0.307 e. The number of nitrogens with zero attached hydrogens (tertiary/aromatic N) is 1. The van der Waals surface area contributed by atoms with Gasteiger partial charge in [0.05, 0.1) is 5.92 Å². The molecule has 2 unspecified atom stereocenters. The van der Waals surface area contributed by atoms with Crippen LogP contribution in [0.15, 0.2) is 0 Å². The van der Waals surface area contributed by atoms with Crippen molar-refractivity contribution in [2.24, 2.45) is 5.92 Å². The summed E-state index contributed by atoms with van der Waals surface area (Å²) in [6.45, 7) is 3.75. The standard InChI is InChI=1S/C8H17NO2/c1-5-7(9(3)4)6(2)8(10)11/h6-7H,5H2,1-4H3,(H,10,11). The Bertz CT molecular complexity index is 134. The molecule has 0 amide bonds. The maximum atomic E-state index is 10.6. The molecule has 0 fully saturated rings. The molecule has 3 nitrogen and oxygen atoms in total. The SMILES string of the molecule is CCC(C(C)C(=O)O)N(C)C. The third-order valence-corrected chi connectivity index (χ3v) is 2.05. The van der Waals surface area contributed by atoms with Crippen molar-refractivity contribution in [2.45, 2.75) is 26.3 Å². The normalized spacial score (nSPS) is 16.5. The van der Waals surface area contributed by atoms with E-state index in [1.165, 1.54) is 0 Å². The van der Waals surface area contributed by atoms with E-state index in [0.29, 0.717) is 0 Å². The van der Waals surface area contributed by atoms with Crippen LogP contribution in [-0.2, 0) is 4.79 Å². The summed E-state index contributed by atoms with van der Waals surface area (Å²) >= 11 is 0. The maximum absolute atomic E-state index is 10.6. The first-order valence-corrected chi connectivity index (χ1v) is 3.90. The van der Waals surface area contributed by atoms with Crippen LogP contribution in [0.3, 0.4) is 0 Å². The molecule has 1 N–H and O–H groups in total. The molecule has 0 radical (unpaired) electrons. The van der Waals surface area contributed by atoms with Gasteiger partial charge in [0, 0.05) is 6.04 Å². The van der Waals surface area contributed by atoms with Crippen LogP contribution in [0.1, 0.15) is 20.3 Å². The van der Waals surface area contributed by atoms with Crippen molar-refractivity contribution in [1.29, 1.82) is 0 Å². The Morgan fingerprint density at radius 3 is 2.09 bits per heavy atom. The predicted molar refractivity (Wildman–Crippen MR) is 44.6 cm³/mol. The van der Waals surface area contributed by atoms with E-state index in [0.717, 1.165) is 6.42 Å². The second kappa shape index (κ2) is 4.34. The van der Waals surface area contributed by atoms with Gasteiger partial charge in [-0.05, 0) is 20.5 Å². The van der Waals surface area contributed by atoms with Gasteiger partial charge in [-0.15, -0.1) is 0 Å². The molecule has 0 rings (SSSR count). The van der Waals surface area contributed by atoms with Gasteiger partial charge in [0.25, 0.3) is 0 Å². The van der Waals surface area contributed by atoms with E-state index in [1.807, 2.05) is 25.9 Å². The fourth-order valence-corrected chi connectivity index (χ4v) is 1.33. The Balaban J connectivity index is 4.13. The van der Waals surface area contributed by atoms with Crippen LogP contribution in [0, 0.1) is 5.92 Å². The molecule has 11 heavy (non-hydrogen) atoms. The maximum Gasteiger partial charge on any atom is 0.307 e. The largest absolute Gasteiger partial charge is 0.481 e. The molecule has 2 atom stereocenters. The average molecular weight is 159 g/mol. The number of hydrogen-bond donors (Lipinski definition) is 1. The topological polar surface area (TPSA) is 40.5 Å². The van der Waals surface area contributed by atoms with E-state index >= 15 is 0 Å². The molecule has 0 saturated heterocycles. The number of carboxylic acids is 1. The molecular formula is C8H17NO2. The summed E-state index contributed by atoms with van der Waals surface area (Å²) in [5, 5.41) is 8.71. The Morgan fingerprint density at radius 2 is 2.00 bits per heavy atom. The van der Waals surface area contributed by atoms with Crippen molar-refractivity contribution in [2.75, 3.05) is 14.1 Å². The van der Waals surface area contributed by atoms with Gasteiger partial charge < -0.3 is 10.0 Å². The summed E-state index contributed by atoms with van der Waals surface area (Å²) in [5.41, 5.74) is 0. The van der Waals surface area contributed by atoms with Crippen LogP contribution in [0.4, 0.5) is 0 Å². The first-order valence-electron chi connectivity index (χ1n) is 3.90. The first-order chi connectivity index (χ1) is 5.00. The van der Waals surface area contributed by atoms with Gasteiger partial charge in [-0.3, -0.25) is 4.79 Å². The van der Waals surface area contributed by atoms with Crippen molar-refractivity contribution < 1.29 is 9.90 Å². The molecule has 3 heteroatoms. The molecule has 0 aliphatic carbocycles. The molecule has 0 heterocycles. The fraction of sp³-hybridized carbons (Fsp3) is 0.875. The highest BCUT2D eigenvalue weighted by atomic mass is 16.4. The summed E-state index contributed by atoms with van der Waals surface area (Å²) in [7, 11) is 3.82. The summed E-state index contributed by atoms with van der Waals surface area (Å²) in [5.74, 6) is -0.999. The van der Waals surface area contributed by atoms with E-state index in [9.17, 15) is 4.79 Å². The van der Waals surface area contributed by atoms with Crippen LogP contribution in [-0.4, -0.2) is 36.1 Å². The van der Waals surface area contributed by atoms with Gasteiger partial charge in [0.2, 0.25) is 0 Å². The van der Waals surface area contributed by atoms with Gasteiger partial charge in [0.15, 0.2) is 0 Å². The van der Waals surface area contributed by atoms with E-state index in [1.54, 1.807) is 6.92 Å². The van der Waals surface area contributed by atoms with Crippen LogP contribution in [0.2, 0.25) is 0 Å². The molecular weight excluding hydrogens is 142 g/mol. The molecule has 0 saturated carbocycles. The van der Waals surface area contributed by atoms with Crippen molar-refractivity contribution in [3.63, 3.8) is 0 Å². The van der Waals surface area contributed by atoms with Crippen molar-refractivity contribution in [1.82, 2.24) is 4.90 Å².